The molecule has 9 aromatic rings. The number of ether oxygens (including phenoxy) is 13. The van der Waals surface area contributed by atoms with Gasteiger partial charge in [0.25, 0.3) is 0 Å². The third-order valence-corrected chi connectivity index (χ3v) is 18.3. The molecule has 3 amide bonds. The van der Waals surface area contributed by atoms with Gasteiger partial charge in [-0.2, -0.15) is 0 Å². The topological polar surface area (TPSA) is 228 Å². The molecule has 3 aromatic heterocycles. The summed E-state index contributed by atoms with van der Waals surface area (Å²) in [7, 11) is 6.50. The fourth-order valence-corrected chi connectivity index (χ4v) is 13.3. The number of halogens is 3. The Labute approximate surface area is 615 Å². The molecule has 0 saturated heterocycles. The first-order valence-corrected chi connectivity index (χ1v) is 35.6. The van der Waals surface area contributed by atoms with Crippen molar-refractivity contribution in [3.05, 3.63) is 205 Å². The smallest absolute Gasteiger partial charge is 0.415 e. The molecule has 3 N–H and O–H groups in total. The zero-order chi connectivity index (χ0) is 72.6. The van der Waals surface area contributed by atoms with E-state index >= 15 is 0 Å². The molecule has 0 bridgehead atoms. The number of nitrogens with one attached hydrogen (secondary N) is 3. The molecular weight excluding hydrogens is 1380 g/mol. The number of aromatic amines is 3. The molecular formula is C78H91Cl3N6O16. The second kappa shape index (κ2) is 38.8. The predicted molar refractivity (Wildman–Crippen MR) is 397 cm³/mol. The molecule has 12 rings (SSSR count). The minimum atomic E-state index is -0.423. The Morgan fingerprint density at radius 2 is 0.709 bits per heavy atom. The van der Waals surface area contributed by atoms with Gasteiger partial charge in [0.15, 0.2) is 0 Å². The van der Waals surface area contributed by atoms with E-state index in [1.54, 1.807) is 50.1 Å². The average molecular weight is 1470 g/mol. The number of fused-ring (bicyclic) bond motifs is 9. The van der Waals surface area contributed by atoms with Gasteiger partial charge in [-0.25, -0.2) is 14.4 Å². The van der Waals surface area contributed by atoms with Gasteiger partial charge in [0.2, 0.25) is 0 Å². The lowest BCUT2D eigenvalue weighted by Crippen LogP contribution is -2.41. The quantitative estimate of drug-likeness (QED) is 0.0216. The number of H-pyrrole nitrogens is 3. The lowest BCUT2D eigenvalue weighted by molar-refractivity contribution is 0.0544. The van der Waals surface area contributed by atoms with Gasteiger partial charge < -0.3 is 76.5 Å². The molecule has 550 valence electrons. The average Bonchev–Trinajstić information content (AvgIpc) is 1.64. The van der Waals surface area contributed by atoms with E-state index in [0.29, 0.717) is 146 Å². The van der Waals surface area contributed by atoms with Gasteiger partial charge >= 0.3 is 18.3 Å². The summed E-state index contributed by atoms with van der Waals surface area (Å²) in [5, 5.41) is 5.32. The second-order valence-electron chi connectivity index (χ2n) is 24.5. The molecule has 6 heterocycles. The highest BCUT2D eigenvalue weighted by atomic mass is 35.5. The monoisotopic (exact) mass is 1470 g/mol. The van der Waals surface area contributed by atoms with Crippen LogP contribution in [-0.2, 0) is 66.6 Å². The zero-order valence-corrected chi connectivity index (χ0v) is 61.4. The third kappa shape index (κ3) is 20.3. The number of allylic oxidation sites excluding steroid dienone is 1. The predicted octanol–water partition coefficient (Wildman–Crippen LogP) is 15.4. The first-order valence-electron chi connectivity index (χ1n) is 34.5. The molecule has 0 saturated carbocycles. The van der Waals surface area contributed by atoms with Crippen LogP contribution in [0.15, 0.2) is 140 Å². The number of nitrogens with zero attached hydrogens (tertiary/aromatic N) is 3. The van der Waals surface area contributed by atoms with Crippen molar-refractivity contribution in [2.24, 2.45) is 0 Å². The van der Waals surface area contributed by atoms with E-state index in [1.165, 1.54) is 11.1 Å². The van der Waals surface area contributed by atoms with Crippen LogP contribution in [-0.4, -0.2) is 195 Å². The number of amides is 3. The van der Waals surface area contributed by atoms with Crippen LogP contribution in [0.5, 0.6) is 17.2 Å². The number of methoxy groups -OCH3 is 4. The van der Waals surface area contributed by atoms with Crippen molar-refractivity contribution < 1.29 is 76.0 Å². The number of hydrogen-bond acceptors (Lipinski definition) is 16. The largest absolute Gasteiger partial charge is 0.491 e. The lowest BCUT2D eigenvalue weighted by atomic mass is 9.92. The van der Waals surface area contributed by atoms with Gasteiger partial charge in [0, 0.05) is 113 Å². The third-order valence-electron chi connectivity index (χ3n) is 17.5. The highest BCUT2D eigenvalue weighted by Gasteiger charge is 2.39. The van der Waals surface area contributed by atoms with Gasteiger partial charge in [-0.05, 0) is 157 Å². The SMILES string of the molecule is C=C(C)OC(=O)N1CCc2c([nH]c3ccc(Cl)cc23)C1c1ccc(OCCOCCOC)cc1.CCCOC(=O)N1CCc2c([nH]c3ccc(Cl)cc23)C1c1ccc(OCCOCCOC)cc1.COCCOCCOc1ccc(C2c3[nH]c4ccc(Cl)cc4c3CCN2C(=O)OCCOC)cc1. The normalized spacial score (nSPS) is 15.3. The Hall–Kier alpha value is -8.52. The first kappa shape index (κ1) is 77.1. The summed E-state index contributed by atoms with van der Waals surface area (Å²) in [5.74, 6) is 2.57. The van der Waals surface area contributed by atoms with E-state index in [4.69, 9.17) is 96.4 Å². The van der Waals surface area contributed by atoms with Crippen molar-refractivity contribution in [3.63, 3.8) is 0 Å². The molecule has 6 aromatic carbocycles. The summed E-state index contributed by atoms with van der Waals surface area (Å²) in [5.41, 5.74) is 12.3. The zero-order valence-electron chi connectivity index (χ0n) is 59.1. The second-order valence-corrected chi connectivity index (χ2v) is 25.8. The molecule has 3 atom stereocenters. The highest BCUT2D eigenvalue weighted by Crippen LogP contribution is 2.44. The summed E-state index contributed by atoms with van der Waals surface area (Å²) >= 11 is 18.8. The molecule has 3 unspecified atom stereocenters. The van der Waals surface area contributed by atoms with Gasteiger partial charge in [-0.3, -0.25) is 14.7 Å². The van der Waals surface area contributed by atoms with Crippen molar-refractivity contribution in [1.29, 1.82) is 0 Å². The summed E-state index contributed by atoms with van der Waals surface area (Å²) in [6, 6.07) is 39.9. The van der Waals surface area contributed by atoms with Crippen LogP contribution >= 0.6 is 34.8 Å². The van der Waals surface area contributed by atoms with Crippen molar-refractivity contribution >= 4 is 85.8 Å². The molecule has 0 fully saturated rings. The van der Waals surface area contributed by atoms with Crippen LogP contribution in [0.3, 0.4) is 0 Å². The lowest BCUT2D eigenvalue weighted by Gasteiger charge is -2.35. The minimum absolute atomic E-state index is 0.201. The Morgan fingerprint density at radius 3 is 1.02 bits per heavy atom. The first-order chi connectivity index (χ1) is 50.2. The summed E-state index contributed by atoms with van der Waals surface area (Å²) in [4.78, 5) is 54.8. The number of carbonyl (C=O) groups excluding carboxylic acids is 3. The van der Waals surface area contributed by atoms with Gasteiger partial charge in [-0.15, -0.1) is 0 Å². The number of hydrogen-bond donors (Lipinski definition) is 3. The molecule has 103 heavy (non-hydrogen) atoms. The van der Waals surface area contributed by atoms with Crippen molar-refractivity contribution in [2.75, 3.05) is 147 Å². The maximum absolute atomic E-state index is 13.0. The highest BCUT2D eigenvalue weighted by molar-refractivity contribution is 6.32. The molecule has 3 aliphatic rings. The summed E-state index contributed by atoms with van der Waals surface area (Å²) < 4.78 is 70.0. The van der Waals surface area contributed by atoms with Crippen LogP contribution in [0, 0.1) is 0 Å². The van der Waals surface area contributed by atoms with Gasteiger partial charge in [0.1, 0.15) is 61.8 Å². The van der Waals surface area contributed by atoms with Crippen molar-refractivity contribution in [3.8, 4) is 17.2 Å². The Balaban J connectivity index is 0.000000166. The van der Waals surface area contributed by atoms with Crippen molar-refractivity contribution in [2.45, 2.75) is 57.7 Å². The fraction of sp³-hybridized carbons (Fsp3) is 0.397. The standard InChI is InChI=1S/C26H31ClN2O6.C26H29ClN2O5.C26H31ClN2O5/c1-31-11-13-33-14-16-34-20-6-3-18(4-7-20)25-24-21(22-17-19(27)5-8-23(22)28-24)9-10-29(25)26(30)35-15-12-32-2;1-17(2)34-26(30)29-11-10-21-22-16-19(27)6-9-23(22)28-24(21)25(29)18-4-7-20(8-5-18)33-15-14-32-13-12-31-3;1-3-12-34-26(30)29-11-10-21-22-17-19(27)6-9-23(22)28-24(21)25(29)18-4-7-20(8-5-18)33-16-15-32-14-13-31-2/h3-8,17,25,28H,9-16H2,1-2H3;4-9,16,25,28H,1,10-15H2,2-3H3;4-9,17,25,28H,3,10-16H2,1-2H3. The minimum Gasteiger partial charge on any atom is -0.491 e. The van der Waals surface area contributed by atoms with Crippen LogP contribution in [0.1, 0.15) is 88.9 Å². The summed E-state index contributed by atoms with van der Waals surface area (Å²) in [6.07, 6.45) is 1.82. The Kier molecular flexibility index (Phi) is 29.1. The fourth-order valence-electron chi connectivity index (χ4n) is 12.8. The van der Waals surface area contributed by atoms with Crippen LogP contribution < -0.4 is 14.2 Å². The van der Waals surface area contributed by atoms with E-state index in [0.717, 1.165) is 102 Å². The molecule has 0 aliphatic carbocycles. The van der Waals surface area contributed by atoms with E-state index in [9.17, 15) is 14.4 Å². The van der Waals surface area contributed by atoms with E-state index in [-0.39, 0.29) is 36.9 Å². The Morgan fingerprint density at radius 1 is 0.408 bits per heavy atom. The molecule has 0 radical (unpaired) electrons. The van der Waals surface area contributed by atoms with Crippen LogP contribution in [0.25, 0.3) is 32.7 Å². The number of benzene rings is 6. The number of aromatic nitrogens is 3. The van der Waals surface area contributed by atoms with Gasteiger partial charge in [-0.1, -0.05) is 84.7 Å². The Bertz CT molecular complexity index is 4220. The van der Waals surface area contributed by atoms with E-state index < -0.39 is 6.09 Å². The molecule has 0 spiro atoms. The maximum atomic E-state index is 13.0. The molecule has 3 aliphatic heterocycles. The van der Waals surface area contributed by atoms with Crippen LogP contribution in [0.4, 0.5) is 14.4 Å². The van der Waals surface area contributed by atoms with E-state index in [1.807, 2.05) is 134 Å². The molecule has 25 heteroatoms. The number of rotatable bonds is 30. The van der Waals surface area contributed by atoms with Crippen LogP contribution in [0.2, 0.25) is 15.1 Å². The van der Waals surface area contributed by atoms with Crippen molar-refractivity contribution in [1.82, 2.24) is 29.7 Å². The van der Waals surface area contributed by atoms with Gasteiger partial charge in [0.05, 0.1) is 78.4 Å². The molecule has 22 nitrogen and oxygen atoms in total. The number of carbonyl (C=O) groups is 3. The summed E-state index contributed by atoms with van der Waals surface area (Å²) in [6.45, 7) is 16.0. The van der Waals surface area contributed by atoms with E-state index in [2.05, 4.69) is 21.5 Å². The maximum Gasteiger partial charge on any atom is 0.415 e.